The van der Waals surface area contributed by atoms with Crippen molar-refractivity contribution in [1.29, 1.82) is 0 Å². The number of amides is 1. The maximum Gasteiger partial charge on any atom is 0.363 e. The quantitative estimate of drug-likeness (QED) is 0.176. The number of imidazole rings is 1. The van der Waals surface area contributed by atoms with Gasteiger partial charge in [-0.05, 0) is 37.9 Å². The third kappa shape index (κ3) is 6.77. The molecule has 1 aromatic heterocycles. The largest absolute Gasteiger partial charge is 0.491 e. The van der Waals surface area contributed by atoms with Crippen LogP contribution in [-0.2, 0) is 25.6 Å². The first-order valence-corrected chi connectivity index (χ1v) is 11.0. The van der Waals surface area contributed by atoms with Crippen LogP contribution < -0.4 is 26.9 Å². The molecule has 0 unspecified atom stereocenters. The number of para-hydroxylation sites is 1. The summed E-state index contributed by atoms with van der Waals surface area (Å²) in [6.07, 6.45) is 0.465. The highest BCUT2D eigenvalue weighted by Gasteiger charge is 2.40. The zero-order valence-corrected chi connectivity index (χ0v) is 19.2. The van der Waals surface area contributed by atoms with Gasteiger partial charge in [0.2, 0.25) is 5.91 Å². The highest BCUT2D eigenvalue weighted by Crippen LogP contribution is 2.21. The van der Waals surface area contributed by atoms with Crippen molar-refractivity contribution in [1.82, 2.24) is 9.71 Å². The molecule has 0 saturated carbocycles. The first-order valence-electron chi connectivity index (χ1n) is 11.0. The molecule has 2 aromatic rings. The Morgan fingerprint density at radius 1 is 1.17 bits per heavy atom. The second kappa shape index (κ2) is 12.5. The Balaban J connectivity index is 2.47. The molecular weight excluding hydrogens is 462 g/mol. The number of carboxylic acid groups (broad SMARTS) is 1. The molecule has 0 aliphatic rings. The summed E-state index contributed by atoms with van der Waals surface area (Å²) in [5.41, 5.74) is 10.4. The number of anilines is 1. The van der Waals surface area contributed by atoms with Crippen LogP contribution in [0.4, 0.5) is 5.69 Å². The number of aliphatic carboxylic acids is 1. The topological polar surface area (TPSA) is 211 Å². The first-order chi connectivity index (χ1) is 16.6. The lowest BCUT2D eigenvalue weighted by molar-refractivity contribution is -0.150. The van der Waals surface area contributed by atoms with E-state index in [1.165, 1.54) is 31.2 Å². The molecule has 0 spiro atoms. The number of carbonyl (C=O) groups is 4. The van der Waals surface area contributed by atoms with Gasteiger partial charge in [-0.3, -0.25) is 19.3 Å². The highest BCUT2D eigenvalue weighted by molar-refractivity contribution is 6.14. The Labute approximate surface area is 200 Å². The summed E-state index contributed by atoms with van der Waals surface area (Å²) in [6.45, 7) is 1.86. The SMILES string of the molecule is CCC(=O)[C@@H](C(=O)On1c(O)c(CCCCN)[nH]c1=O)N(C(=O)[C@@H](N)CC(=O)O)c1ccccc1. The number of nitrogens with two attached hydrogens (primary N) is 2. The third-order valence-corrected chi connectivity index (χ3v) is 5.09. The molecule has 0 fully saturated rings. The number of benzene rings is 1. The molecule has 190 valence electrons. The summed E-state index contributed by atoms with van der Waals surface area (Å²) < 4.78 is 0.293. The van der Waals surface area contributed by atoms with E-state index < -0.39 is 53.7 Å². The van der Waals surface area contributed by atoms with Gasteiger partial charge in [-0.15, -0.1) is 0 Å². The minimum atomic E-state index is -1.91. The van der Waals surface area contributed by atoms with Crippen LogP contribution in [0.25, 0.3) is 0 Å². The summed E-state index contributed by atoms with van der Waals surface area (Å²) in [7, 11) is 0. The molecule has 0 saturated heterocycles. The van der Waals surface area contributed by atoms with Crippen LogP contribution >= 0.6 is 0 Å². The van der Waals surface area contributed by atoms with Crippen molar-refractivity contribution >= 4 is 29.3 Å². The first kappa shape index (κ1) is 27.3. The second-order valence-electron chi connectivity index (χ2n) is 7.65. The van der Waals surface area contributed by atoms with Gasteiger partial charge in [0, 0.05) is 12.1 Å². The Kier molecular flexibility index (Phi) is 9.73. The second-order valence-corrected chi connectivity index (χ2v) is 7.65. The summed E-state index contributed by atoms with van der Waals surface area (Å²) in [6, 6.07) is 4.05. The Morgan fingerprint density at radius 3 is 2.40 bits per heavy atom. The van der Waals surface area contributed by atoms with Gasteiger partial charge < -0.3 is 31.5 Å². The van der Waals surface area contributed by atoms with Gasteiger partial charge in [-0.1, -0.05) is 29.9 Å². The molecule has 13 heteroatoms. The number of hydrogen-bond acceptors (Lipinski definition) is 9. The van der Waals surface area contributed by atoms with Gasteiger partial charge >= 0.3 is 17.6 Å². The number of aromatic hydroxyl groups is 1. The van der Waals surface area contributed by atoms with Crippen LogP contribution in [0.3, 0.4) is 0 Å². The molecule has 0 radical (unpaired) electrons. The third-order valence-electron chi connectivity index (χ3n) is 5.09. The highest BCUT2D eigenvalue weighted by atomic mass is 16.7. The number of aromatic nitrogens is 2. The number of nitrogens with one attached hydrogen (secondary N) is 1. The van der Waals surface area contributed by atoms with Crippen LogP contribution in [0, 0.1) is 0 Å². The standard InChI is InChI=1S/C22H29N5O8/c1-2-16(28)18(21(33)35-27-20(32)15(25-22(27)34)10-6-7-11-23)26(13-8-4-3-5-9-13)19(31)14(24)12-17(29)30/h3-5,8-9,14,18,32H,2,6-7,10-12,23-24H2,1H3,(H,25,34)(H,29,30)/t14-,18-/m0/s1. The van der Waals surface area contributed by atoms with Gasteiger partial charge in [-0.2, -0.15) is 0 Å². The minimum Gasteiger partial charge on any atom is -0.491 e. The van der Waals surface area contributed by atoms with E-state index >= 15 is 0 Å². The fourth-order valence-electron chi connectivity index (χ4n) is 3.32. The maximum atomic E-state index is 13.2. The van der Waals surface area contributed by atoms with Crippen LogP contribution in [0.15, 0.2) is 35.1 Å². The van der Waals surface area contributed by atoms with Crippen LogP contribution in [0.1, 0.15) is 38.3 Å². The molecule has 1 amide bonds. The lowest BCUT2D eigenvalue weighted by Crippen LogP contribution is -2.57. The van der Waals surface area contributed by atoms with Crippen LogP contribution in [0.2, 0.25) is 0 Å². The molecular formula is C22H29N5O8. The summed E-state index contributed by atoms with van der Waals surface area (Å²) >= 11 is 0. The van der Waals surface area contributed by atoms with Crippen molar-refractivity contribution in [2.75, 3.05) is 11.4 Å². The molecule has 2 rings (SSSR count). The number of carbonyl (C=O) groups excluding carboxylic acids is 3. The summed E-state index contributed by atoms with van der Waals surface area (Å²) in [5.74, 6) is -5.15. The molecule has 0 aliphatic heterocycles. The Morgan fingerprint density at radius 2 is 1.83 bits per heavy atom. The van der Waals surface area contributed by atoms with Crippen LogP contribution in [-0.4, -0.2) is 62.2 Å². The molecule has 7 N–H and O–H groups in total. The minimum absolute atomic E-state index is 0.0789. The Hall–Kier alpha value is -3.97. The van der Waals surface area contributed by atoms with Crippen molar-refractivity contribution in [3.63, 3.8) is 0 Å². The summed E-state index contributed by atoms with van der Waals surface area (Å²) in [5, 5.41) is 19.4. The molecule has 13 nitrogen and oxygen atoms in total. The van der Waals surface area contributed by atoms with E-state index in [1.807, 2.05) is 0 Å². The monoisotopic (exact) mass is 491 g/mol. The number of aryl methyl sites for hydroxylation is 1. The predicted molar refractivity (Wildman–Crippen MR) is 124 cm³/mol. The van der Waals surface area contributed by atoms with E-state index in [0.29, 0.717) is 24.1 Å². The molecule has 0 aliphatic carbocycles. The van der Waals surface area contributed by atoms with Gasteiger partial charge in [-0.25, -0.2) is 9.59 Å². The van der Waals surface area contributed by atoms with Crippen molar-refractivity contribution in [3.05, 3.63) is 46.5 Å². The lowest BCUT2D eigenvalue weighted by atomic mass is 10.0. The van der Waals surface area contributed by atoms with E-state index in [-0.39, 0.29) is 24.2 Å². The number of hydrogen-bond donors (Lipinski definition) is 5. The normalized spacial score (nSPS) is 12.5. The van der Waals surface area contributed by atoms with Gasteiger partial charge in [0.25, 0.3) is 5.88 Å². The van der Waals surface area contributed by atoms with E-state index in [2.05, 4.69) is 4.98 Å². The average molecular weight is 492 g/mol. The van der Waals surface area contributed by atoms with E-state index in [0.717, 1.165) is 4.90 Å². The van der Waals surface area contributed by atoms with Gasteiger partial charge in [0.05, 0.1) is 18.2 Å². The van der Waals surface area contributed by atoms with Crippen LogP contribution in [0.5, 0.6) is 5.88 Å². The number of ketones is 1. The lowest BCUT2D eigenvalue weighted by Gasteiger charge is -2.30. The molecule has 1 aromatic carbocycles. The molecule has 35 heavy (non-hydrogen) atoms. The van der Waals surface area contributed by atoms with Crippen molar-refractivity contribution < 1.29 is 34.2 Å². The predicted octanol–water partition coefficient (Wildman–Crippen LogP) is -0.698. The Bertz CT molecular complexity index is 1110. The fraction of sp³-hybridized carbons (Fsp3) is 0.409. The number of rotatable bonds is 13. The number of carboxylic acids is 1. The molecule has 1 heterocycles. The average Bonchev–Trinajstić information content (AvgIpc) is 3.09. The van der Waals surface area contributed by atoms with E-state index in [4.69, 9.17) is 21.4 Å². The maximum absolute atomic E-state index is 13.2. The van der Waals surface area contributed by atoms with Crippen molar-refractivity contribution in [2.24, 2.45) is 11.5 Å². The van der Waals surface area contributed by atoms with E-state index in [1.54, 1.807) is 6.07 Å². The summed E-state index contributed by atoms with van der Waals surface area (Å²) in [4.78, 5) is 70.7. The molecule has 0 bridgehead atoms. The van der Waals surface area contributed by atoms with Crippen molar-refractivity contribution in [2.45, 2.75) is 51.1 Å². The number of H-pyrrole nitrogens is 1. The van der Waals surface area contributed by atoms with Crippen molar-refractivity contribution in [3.8, 4) is 5.88 Å². The molecule has 2 atom stereocenters. The zero-order chi connectivity index (χ0) is 26.1. The number of unbranched alkanes of at least 4 members (excludes halogenated alkanes) is 1. The number of aromatic amines is 1. The smallest absolute Gasteiger partial charge is 0.363 e. The fourth-order valence-corrected chi connectivity index (χ4v) is 3.32. The van der Waals surface area contributed by atoms with Gasteiger partial charge in [0.1, 0.15) is 0 Å². The number of Topliss-reactive ketones (excluding diaryl/α,β-unsaturated/α-hetero) is 1. The van der Waals surface area contributed by atoms with E-state index in [9.17, 15) is 29.1 Å². The number of nitrogens with zero attached hydrogens (tertiary/aromatic N) is 2. The zero-order valence-electron chi connectivity index (χ0n) is 19.2. The van der Waals surface area contributed by atoms with Gasteiger partial charge in [0.15, 0.2) is 11.8 Å².